The molecule has 0 aliphatic rings. The lowest BCUT2D eigenvalue weighted by Gasteiger charge is -2.06. The second kappa shape index (κ2) is 6.91. The Bertz CT molecular complexity index is 546. The predicted molar refractivity (Wildman–Crippen MR) is 77.4 cm³/mol. The van der Waals surface area contributed by atoms with E-state index in [-0.39, 0.29) is 12.0 Å². The Balaban J connectivity index is 1.99. The first-order valence-electron chi connectivity index (χ1n) is 6.77. The van der Waals surface area contributed by atoms with E-state index in [1.54, 1.807) is 13.0 Å². The van der Waals surface area contributed by atoms with E-state index in [1.807, 2.05) is 30.3 Å². The number of furan rings is 1. The van der Waals surface area contributed by atoms with Crippen molar-refractivity contribution in [3.8, 4) is 11.1 Å². The lowest BCUT2D eigenvalue weighted by molar-refractivity contribution is 0.0923. The van der Waals surface area contributed by atoms with Crippen LogP contribution in [0.3, 0.4) is 0 Å². The zero-order valence-corrected chi connectivity index (χ0v) is 11.5. The van der Waals surface area contributed by atoms with Crippen molar-refractivity contribution in [2.24, 2.45) is 0 Å². The van der Waals surface area contributed by atoms with Gasteiger partial charge in [0, 0.05) is 12.1 Å². The fraction of sp³-hybridized carbons (Fsp3) is 0.312. The molecule has 0 radical (unpaired) electrons. The summed E-state index contributed by atoms with van der Waals surface area (Å²) in [5.74, 6) is 0.104. The van der Waals surface area contributed by atoms with Gasteiger partial charge in [0.1, 0.15) is 0 Å². The Morgan fingerprint density at radius 1 is 1.30 bits per heavy atom. The summed E-state index contributed by atoms with van der Waals surface area (Å²) in [5, 5.41) is 12.0. The first-order chi connectivity index (χ1) is 9.68. The molecule has 1 aromatic heterocycles. The standard InChI is InChI=1S/C16H19NO3/c1-12(18)6-5-10-17-16(19)15-14(9-11-20-15)13-7-3-2-4-8-13/h2-4,7-9,11-12,18H,5-6,10H2,1H3,(H,17,19). The average Bonchev–Trinajstić information content (AvgIpc) is 2.93. The number of aliphatic hydroxyl groups excluding tert-OH is 1. The lowest BCUT2D eigenvalue weighted by Crippen LogP contribution is -2.25. The van der Waals surface area contributed by atoms with Gasteiger partial charge >= 0.3 is 0 Å². The third kappa shape index (κ3) is 3.71. The van der Waals surface area contributed by atoms with Gasteiger partial charge in [-0.2, -0.15) is 0 Å². The highest BCUT2D eigenvalue weighted by Gasteiger charge is 2.15. The maximum Gasteiger partial charge on any atom is 0.287 e. The zero-order chi connectivity index (χ0) is 14.4. The van der Waals surface area contributed by atoms with Crippen LogP contribution < -0.4 is 5.32 Å². The molecule has 0 saturated carbocycles. The summed E-state index contributed by atoms with van der Waals surface area (Å²) in [5.41, 5.74) is 1.74. The Hall–Kier alpha value is -2.07. The van der Waals surface area contributed by atoms with Gasteiger partial charge < -0.3 is 14.8 Å². The van der Waals surface area contributed by atoms with Crippen molar-refractivity contribution in [2.45, 2.75) is 25.9 Å². The van der Waals surface area contributed by atoms with Crippen LogP contribution >= 0.6 is 0 Å². The summed E-state index contributed by atoms with van der Waals surface area (Å²) >= 11 is 0. The molecule has 1 aromatic carbocycles. The Labute approximate surface area is 118 Å². The molecule has 1 amide bonds. The molecule has 0 saturated heterocycles. The number of carbonyl (C=O) groups excluding carboxylic acids is 1. The van der Waals surface area contributed by atoms with Crippen molar-refractivity contribution in [1.82, 2.24) is 5.32 Å². The third-order valence-electron chi connectivity index (χ3n) is 3.04. The molecule has 2 rings (SSSR count). The minimum absolute atomic E-state index is 0.223. The van der Waals surface area contributed by atoms with Gasteiger partial charge in [0.25, 0.3) is 5.91 Å². The molecule has 1 atom stereocenters. The molecular weight excluding hydrogens is 254 g/mol. The molecule has 0 aliphatic carbocycles. The molecule has 1 unspecified atom stereocenters. The molecule has 20 heavy (non-hydrogen) atoms. The molecule has 0 bridgehead atoms. The summed E-state index contributed by atoms with van der Waals surface area (Å²) in [6, 6.07) is 11.4. The van der Waals surface area contributed by atoms with E-state index in [1.165, 1.54) is 6.26 Å². The van der Waals surface area contributed by atoms with E-state index in [0.717, 1.165) is 17.5 Å². The van der Waals surface area contributed by atoms with Crippen LogP contribution in [0.2, 0.25) is 0 Å². The first kappa shape index (κ1) is 14.3. The highest BCUT2D eigenvalue weighted by Crippen LogP contribution is 2.24. The summed E-state index contributed by atoms with van der Waals surface area (Å²) in [6.07, 6.45) is 2.59. The Morgan fingerprint density at radius 2 is 2.05 bits per heavy atom. The van der Waals surface area contributed by atoms with E-state index >= 15 is 0 Å². The fourth-order valence-electron chi connectivity index (χ4n) is 2.01. The topological polar surface area (TPSA) is 62.5 Å². The van der Waals surface area contributed by atoms with Crippen LogP contribution in [0.1, 0.15) is 30.3 Å². The van der Waals surface area contributed by atoms with Crippen molar-refractivity contribution in [2.75, 3.05) is 6.54 Å². The number of hydrogen-bond donors (Lipinski definition) is 2. The van der Waals surface area contributed by atoms with Gasteiger partial charge in [0.2, 0.25) is 0 Å². The van der Waals surface area contributed by atoms with E-state index in [0.29, 0.717) is 18.7 Å². The number of benzene rings is 1. The normalized spacial score (nSPS) is 12.1. The van der Waals surface area contributed by atoms with Crippen LogP contribution in [0.25, 0.3) is 11.1 Å². The van der Waals surface area contributed by atoms with E-state index in [2.05, 4.69) is 5.32 Å². The summed E-state index contributed by atoms with van der Waals surface area (Å²) in [4.78, 5) is 12.1. The third-order valence-corrected chi connectivity index (χ3v) is 3.04. The minimum Gasteiger partial charge on any atom is -0.459 e. The van der Waals surface area contributed by atoms with E-state index < -0.39 is 0 Å². The van der Waals surface area contributed by atoms with Gasteiger partial charge in [0.15, 0.2) is 5.76 Å². The molecule has 106 valence electrons. The average molecular weight is 273 g/mol. The molecule has 2 N–H and O–H groups in total. The van der Waals surface area contributed by atoms with Gasteiger partial charge in [-0.3, -0.25) is 4.79 Å². The van der Waals surface area contributed by atoms with Gasteiger partial charge in [-0.25, -0.2) is 0 Å². The number of rotatable bonds is 6. The molecule has 0 aliphatic heterocycles. The second-order valence-electron chi connectivity index (χ2n) is 4.78. The largest absolute Gasteiger partial charge is 0.459 e. The first-order valence-corrected chi connectivity index (χ1v) is 6.77. The summed E-state index contributed by atoms with van der Waals surface area (Å²) in [6.45, 7) is 2.26. The molecule has 2 aromatic rings. The second-order valence-corrected chi connectivity index (χ2v) is 4.78. The highest BCUT2D eigenvalue weighted by atomic mass is 16.3. The zero-order valence-electron chi connectivity index (χ0n) is 11.5. The Morgan fingerprint density at radius 3 is 2.75 bits per heavy atom. The lowest BCUT2D eigenvalue weighted by atomic mass is 10.1. The molecular formula is C16H19NO3. The van der Waals surface area contributed by atoms with Gasteiger partial charge in [-0.1, -0.05) is 30.3 Å². The van der Waals surface area contributed by atoms with Crippen LogP contribution in [-0.4, -0.2) is 23.7 Å². The molecule has 0 fully saturated rings. The highest BCUT2D eigenvalue weighted by molar-refractivity contribution is 5.98. The van der Waals surface area contributed by atoms with Crippen LogP contribution in [0.5, 0.6) is 0 Å². The van der Waals surface area contributed by atoms with Gasteiger partial charge in [0.05, 0.1) is 12.4 Å². The maximum absolute atomic E-state index is 12.1. The van der Waals surface area contributed by atoms with E-state index in [9.17, 15) is 4.79 Å². The predicted octanol–water partition coefficient (Wildman–Crippen LogP) is 2.84. The molecule has 4 heteroatoms. The molecule has 4 nitrogen and oxygen atoms in total. The van der Waals surface area contributed by atoms with Crippen molar-refractivity contribution in [1.29, 1.82) is 0 Å². The number of aliphatic hydroxyl groups is 1. The Kier molecular flexibility index (Phi) is 4.96. The minimum atomic E-state index is -0.338. The van der Waals surface area contributed by atoms with Crippen molar-refractivity contribution in [3.63, 3.8) is 0 Å². The van der Waals surface area contributed by atoms with Crippen molar-refractivity contribution < 1.29 is 14.3 Å². The fourth-order valence-corrected chi connectivity index (χ4v) is 2.01. The monoisotopic (exact) mass is 273 g/mol. The quantitative estimate of drug-likeness (QED) is 0.795. The SMILES string of the molecule is CC(O)CCCNC(=O)c1occc1-c1ccccc1. The molecule has 0 spiro atoms. The number of carbonyl (C=O) groups is 1. The number of hydrogen-bond acceptors (Lipinski definition) is 3. The van der Waals surface area contributed by atoms with Crippen LogP contribution in [0, 0.1) is 0 Å². The number of nitrogens with one attached hydrogen (secondary N) is 1. The maximum atomic E-state index is 12.1. The smallest absolute Gasteiger partial charge is 0.287 e. The summed E-state index contributed by atoms with van der Waals surface area (Å²) < 4.78 is 5.30. The van der Waals surface area contributed by atoms with Crippen molar-refractivity contribution >= 4 is 5.91 Å². The van der Waals surface area contributed by atoms with Crippen molar-refractivity contribution in [3.05, 3.63) is 48.4 Å². The van der Waals surface area contributed by atoms with Crippen LogP contribution in [-0.2, 0) is 0 Å². The van der Waals surface area contributed by atoms with Crippen LogP contribution in [0.15, 0.2) is 47.1 Å². The van der Waals surface area contributed by atoms with E-state index in [4.69, 9.17) is 9.52 Å². The van der Waals surface area contributed by atoms with Gasteiger partial charge in [-0.15, -0.1) is 0 Å². The van der Waals surface area contributed by atoms with Gasteiger partial charge in [-0.05, 0) is 31.4 Å². The number of amides is 1. The summed E-state index contributed by atoms with van der Waals surface area (Å²) in [7, 11) is 0. The molecule has 1 heterocycles. The van der Waals surface area contributed by atoms with Crippen LogP contribution in [0.4, 0.5) is 0 Å².